The number of carbonyl (C=O) groups excluding carboxylic acids is 1. The number of rotatable bonds is 8. The first-order chi connectivity index (χ1) is 14.3. The van der Waals surface area contributed by atoms with E-state index < -0.39 is 20.9 Å². The van der Waals surface area contributed by atoms with Crippen molar-refractivity contribution in [2.75, 3.05) is 5.32 Å². The third-order valence-corrected chi connectivity index (χ3v) is 5.60. The zero-order valence-corrected chi connectivity index (χ0v) is 17.2. The second-order valence-corrected chi connectivity index (χ2v) is 8.22. The first-order valence-corrected chi connectivity index (χ1v) is 10.9. The molecule has 4 N–H and O–H groups in total. The third-order valence-electron chi connectivity index (χ3n) is 4.69. The van der Waals surface area contributed by atoms with Crippen LogP contribution in [-0.4, -0.2) is 34.2 Å². The lowest BCUT2D eigenvalue weighted by molar-refractivity contribution is 0.102. The monoisotopic (exact) mass is 429 g/mol. The molecule has 2 aromatic carbocycles. The van der Waals surface area contributed by atoms with Crippen LogP contribution in [0.2, 0.25) is 0 Å². The van der Waals surface area contributed by atoms with Crippen molar-refractivity contribution in [3.05, 3.63) is 76.6 Å². The van der Waals surface area contributed by atoms with E-state index >= 15 is 0 Å². The smallest absolute Gasteiger partial charge is 0.295 e. The first kappa shape index (κ1) is 21.7. The standard InChI is InChI=1S/C21H23N3O5S/c1-2-5-18-17(19(13-25)24-23-18)12-14-8-10-15(11-9-14)22-21(26)16-6-3-4-7-20(16)30(27,28)29/h3-4,6-11,25H,2,5,12-13H2,1H3,(H,22,26)(H,23,24)(H,27,28,29). The highest BCUT2D eigenvalue weighted by molar-refractivity contribution is 7.86. The summed E-state index contributed by atoms with van der Waals surface area (Å²) in [5, 5.41) is 19.3. The molecule has 0 spiro atoms. The molecule has 30 heavy (non-hydrogen) atoms. The normalized spacial score (nSPS) is 11.4. The van der Waals surface area contributed by atoms with Crippen molar-refractivity contribution in [2.45, 2.75) is 37.7 Å². The van der Waals surface area contributed by atoms with Crippen LogP contribution >= 0.6 is 0 Å². The minimum absolute atomic E-state index is 0.118. The molecule has 0 bridgehead atoms. The van der Waals surface area contributed by atoms with Gasteiger partial charge in [0, 0.05) is 17.7 Å². The molecule has 0 unspecified atom stereocenters. The Morgan fingerprint density at radius 2 is 1.83 bits per heavy atom. The number of anilines is 1. The Balaban J connectivity index is 1.76. The summed E-state index contributed by atoms with van der Waals surface area (Å²) in [5.74, 6) is -0.640. The maximum atomic E-state index is 12.5. The predicted molar refractivity (Wildman–Crippen MR) is 112 cm³/mol. The summed E-state index contributed by atoms with van der Waals surface area (Å²) in [6.07, 6.45) is 2.34. The highest BCUT2D eigenvalue weighted by atomic mass is 32.2. The van der Waals surface area contributed by atoms with E-state index in [1.807, 2.05) is 12.1 Å². The van der Waals surface area contributed by atoms with Crippen LogP contribution in [-0.2, 0) is 29.6 Å². The molecule has 0 saturated carbocycles. The molecule has 1 amide bonds. The predicted octanol–water partition coefficient (Wildman–Crippen LogP) is 2.94. The number of amides is 1. The largest absolute Gasteiger partial charge is 0.390 e. The summed E-state index contributed by atoms with van der Waals surface area (Å²) in [6.45, 7) is 1.95. The van der Waals surface area contributed by atoms with Crippen LogP contribution in [0.3, 0.4) is 0 Å². The fourth-order valence-electron chi connectivity index (χ4n) is 3.21. The van der Waals surface area contributed by atoms with E-state index in [-0.39, 0.29) is 12.2 Å². The van der Waals surface area contributed by atoms with Gasteiger partial charge in [0.1, 0.15) is 4.90 Å². The van der Waals surface area contributed by atoms with Crippen molar-refractivity contribution >= 4 is 21.7 Å². The minimum atomic E-state index is -4.51. The zero-order chi connectivity index (χ0) is 21.7. The van der Waals surface area contributed by atoms with Gasteiger partial charge in [-0.15, -0.1) is 0 Å². The fraction of sp³-hybridized carbons (Fsp3) is 0.238. The van der Waals surface area contributed by atoms with Gasteiger partial charge in [0.2, 0.25) is 0 Å². The third kappa shape index (κ3) is 4.93. The highest BCUT2D eigenvalue weighted by Gasteiger charge is 2.20. The summed E-state index contributed by atoms with van der Waals surface area (Å²) in [4.78, 5) is 12.1. The Morgan fingerprint density at radius 1 is 1.13 bits per heavy atom. The van der Waals surface area contributed by atoms with Gasteiger partial charge in [-0.2, -0.15) is 13.5 Å². The van der Waals surface area contributed by atoms with Crippen molar-refractivity contribution < 1.29 is 22.9 Å². The summed E-state index contributed by atoms with van der Waals surface area (Å²) in [6, 6.07) is 12.6. The number of benzene rings is 2. The van der Waals surface area contributed by atoms with Gasteiger partial charge >= 0.3 is 0 Å². The highest BCUT2D eigenvalue weighted by Crippen LogP contribution is 2.21. The molecule has 0 atom stereocenters. The van der Waals surface area contributed by atoms with Crippen molar-refractivity contribution in [3.8, 4) is 0 Å². The fourth-order valence-corrected chi connectivity index (χ4v) is 3.90. The Kier molecular flexibility index (Phi) is 6.66. The van der Waals surface area contributed by atoms with Crippen molar-refractivity contribution in [1.29, 1.82) is 0 Å². The number of hydrogen-bond acceptors (Lipinski definition) is 5. The van der Waals surface area contributed by atoms with E-state index in [4.69, 9.17) is 0 Å². The molecular formula is C21H23N3O5S. The Labute approximate surface area is 174 Å². The summed E-state index contributed by atoms with van der Waals surface area (Å²) in [5.41, 5.74) is 3.91. The van der Waals surface area contributed by atoms with Gasteiger partial charge in [0.15, 0.2) is 0 Å². The molecule has 0 aliphatic heterocycles. The lowest BCUT2D eigenvalue weighted by Gasteiger charge is -2.10. The Bertz CT molecular complexity index is 1140. The number of nitrogens with zero attached hydrogens (tertiary/aromatic N) is 1. The Hall–Kier alpha value is -3.01. The van der Waals surface area contributed by atoms with Gasteiger partial charge < -0.3 is 10.4 Å². The summed E-state index contributed by atoms with van der Waals surface area (Å²) in [7, 11) is -4.51. The molecular weight excluding hydrogens is 406 g/mol. The molecule has 1 heterocycles. The quantitative estimate of drug-likeness (QED) is 0.407. The number of nitrogens with one attached hydrogen (secondary N) is 2. The van der Waals surface area contributed by atoms with Crippen LogP contribution in [0.5, 0.6) is 0 Å². The number of aromatic nitrogens is 2. The zero-order valence-electron chi connectivity index (χ0n) is 16.4. The van der Waals surface area contributed by atoms with Gasteiger partial charge in [-0.3, -0.25) is 14.4 Å². The molecule has 3 aromatic rings. The number of aryl methyl sites for hydroxylation is 1. The average molecular weight is 429 g/mol. The van der Waals surface area contributed by atoms with Gasteiger partial charge in [-0.05, 0) is 36.2 Å². The van der Waals surface area contributed by atoms with E-state index in [0.29, 0.717) is 17.8 Å². The molecule has 0 radical (unpaired) electrons. The van der Waals surface area contributed by atoms with E-state index in [9.17, 15) is 22.9 Å². The van der Waals surface area contributed by atoms with Gasteiger partial charge in [0.25, 0.3) is 16.0 Å². The number of hydrogen-bond donors (Lipinski definition) is 4. The van der Waals surface area contributed by atoms with Crippen molar-refractivity contribution in [2.24, 2.45) is 0 Å². The molecule has 0 aliphatic carbocycles. The first-order valence-electron chi connectivity index (χ1n) is 9.46. The number of aliphatic hydroxyl groups excluding tert-OH is 1. The maximum Gasteiger partial charge on any atom is 0.295 e. The van der Waals surface area contributed by atoms with E-state index in [2.05, 4.69) is 22.4 Å². The van der Waals surface area contributed by atoms with Crippen LogP contribution in [0.4, 0.5) is 5.69 Å². The topological polar surface area (TPSA) is 132 Å². The van der Waals surface area contributed by atoms with Gasteiger partial charge in [-0.1, -0.05) is 37.6 Å². The maximum absolute atomic E-state index is 12.5. The van der Waals surface area contributed by atoms with Crippen LogP contribution in [0, 0.1) is 0 Å². The number of H-pyrrole nitrogens is 1. The molecule has 158 valence electrons. The molecule has 9 heteroatoms. The minimum Gasteiger partial charge on any atom is -0.390 e. The SMILES string of the molecule is CCCc1n[nH]c(CO)c1Cc1ccc(NC(=O)c2ccccc2S(=O)(=O)O)cc1. The van der Waals surface area contributed by atoms with Gasteiger partial charge in [-0.25, -0.2) is 0 Å². The van der Waals surface area contributed by atoms with Crippen LogP contribution in [0.1, 0.15) is 46.2 Å². The van der Waals surface area contributed by atoms with E-state index in [0.717, 1.165) is 29.7 Å². The Morgan fingerprint density at radius 3 is 2.47 bits per heavy atom. The van der Waals surface area contributed by atoms with Crippen LogP contribution in [0.15, 0.2) is 53.4 Å². The number of carbonyl (C=O) groups is 1. The molecule has 3 rings (SSSR count). The average Bonchev–Trinajstić information content (AvgIpc) is 3.10. The second kappa shape index (κ2) is 9.21. The summed E-state index contributed by atoms with van der Waals surface area (Å²) >= 11 is 0. The number of aliphatic hydroxyl groups is 1. The van der Waals surface area contributed by atoms with E-state index in [1.165, 1.54) is 24.3 Å². The molecule has 1 aromatic heterocycles. The number of aromatic amines is 1. The van der Waals surface area contributed by atoms with Crippen LogP contribution < -0.4 is 5.32 Å². The van der Waals surface area contributed by atoms with Crippen molar-refractivity contribution in [3.63, 3.8) is 0 Å². The van der Waals surface area contributed by atoms with E-state index in [1.54, 1.807) is 12.1 Å². The molecule has 0 saturated heterocycles. The lowest BCUT2D eigenvalue weighted by atomic mass is 10.0. The van der Waals surface area contributed by atoms with Crippen LogP contribution in [0.25, 0.3) is 0 Å². The second-order valence-electron chi connectivity index (χ2n) is 6.83. The van der Waals surface area contributed by atoms with Gasteiger partial charge in [0.05, 0.1) is 23.6 Å². The summed E-state index contributed by atoms with van der Waals surface area (Å²) < 4.78 is 32.3. The lowest BCUT2D eigenvalue weighted by Crippen LogP contribution is -2.16. The van der Waals surface area contributed by atoms with Crippen molar-refractivity contribution in [1.82, 2.24) is 10.2 Å². The molecule has 8 nitrogen and oxygen atoms in total. The molecule has 0 aliphatic rings. The molecule has 0 fully saturated rings.